The fraction of sp³-hybridized carbons (Fsp3) is 0.100. The van der Waals surface area contributed by atoms with Crippen molar-refractivity contribution in [2.75, 3.05) is 4.90 Å². The molecule has 0 bridgehead atoms. The van der Waals surface area contributed by atoms with Gasteiger partial charge in [-0.15, -0.1) is 0 Å². The number of carbonyl (C=O) groups is 3. The van der Waals surface area contributed by atoms with Gasteiger partial charge >= 0.3 is 0 Å². The summed E-state index contributed by atoms with van der Waals surface area (Å²) in [6, 6.07) is 13.2. The summed E-state index contributed by atoms with van der Waals surface area (Å²) in [5.41, 5.74) is 1.00. The van der Waals surface area contributed by atoms with Crippen LogP contribution in [0.2, 0.25) is 0 Å². The van der Waals surface area contributed by atoms with E-state index in [-0.39, 0.29) is 21.3 Å². The summed E-state index contributed by atoms with van der Waals surface area (Å²) in [5, 5.41) is 5.08. The minimum atomic E-state index is -3.91. The van der Waals surface area contributed by atoms with E-state index in [0.717, 1.165) is 22.2 Å². The minimum Gasteiger partial charge on any atom is -0.280 e. The van der Waals surface area contributed by atoms with Gasteiger partial charge in [-0.1, -0.05) is 54.3 Å². The van der Waals surface area contributed by atoms with Crippen LogP contribution in [0.1, 0.15) is 12.0 Å². The van der Waals surface area contributed by atoms with E-state index in [9.17, 15) is 22.8 Å². The first kappa shape index (κ1) is 21.4. The minimum absolute atomic E-state index is 0.144. The second-order valence-corrected chi connectivity index (χ2v) is 10.0. The second-order valence-electron chi connectivity index (χ2n) is 6.79. The molecule has 2 fully saturated rings. The van der Waals surface area contributed by atoms with Gasteiger partial charge in [0.15, 0.2) is 0 Å². The zero-order valence-corrected chi connectivity index (χ0v) is 18.2. The van der Waals surface area contributed by atoms with Gasteiger partial charge in [-0.05, 0) is 35.9 Å². The summed E-state index contributed by atoms with van der Waals surface area (Å²) in [7, 11) is -3.91. The third-order valence-corrected chi connectivity index (χ3v) is 7.04. The molecular weight excluding hydrogens is 458 g/mol. The van der Waals surface area contributed by atoms with Gasteiger partial charge in [0.2, 0.25) is 15.9 Å². The topological polar surface area (TPSA) is 118 Å². The molecule has 2 aromatic carbocycles. The smallest absolute Gasteiger partial charge is 0.266 e. The summed E-state index contributed by atoms with van der Waals surface area (Å²) in [6.45, 7) is 0. The normalized spacial score (nSPS) is 20.9. The van der Waals surface area contributed by atoms with Crippen LogP contribution >= 0.6 is 24.0 Å². The standard InChI is InChI=1S/C20H15N3O5S3/c21-31(27,28)14-8-6-13(7-9-14)22-17(24)11-15(18(22)25)23-19(26)16(30-20(23)29)10-12-4-2-1-3-5-12/h1-10,15H,11H2,(H2,21,27,28)/b16-10-. The summed E-state index contributed by atoms with van der Waals surface area (Å²) < 4.78 is 23.0. The molecule has 2 heterocycles. The lowest BCUT2D eigenvalue weighted by atomic mass is 10.2. The highest BCUT2D eigenvalue weighted by molar-refractivity contribution is 8.26. The molecule has 11 heteroatoms. The number of primary sulfonamides is 1. The van der Waals surface area contributed by atoms with Crippen molar-refractivity contribution < 1.29 is 22.8 Å². The Labute approximate surface area is 187 Å². The highest BCUT2D eigenvalue weighted by atomic mass is 32.2. The average Bonchev–Trinajstić information content (AvgIpc) is 3.16. The molecule has 2 aliphatic rings. The van der Waals surface area contributed by atoms with Crippen LogP contribution in [0.4, 0.5) is 5.69 Å². The van der Waals surface area contributed by atoms with Crippen molar-refractivity contribution in [2.24, 2.45) is 5.14 Å². The average molecular weight is 474 g/mol. The molecule has 2 saturated heterocycles. The van der Waals surface area contributed by atoms with E-state index in [2.05, 4.69) is 0 Å². The van der Waals surface area contributed by atoms with Crippen LogP contribution in [-0.4, -0.2) is 41.4 Å². The predicted molar refractivity (Wildman–Crippen MR) is 120 cm³/mol. The zero-order chi connectivity index (χ0) is 22.3. The first-order chi connectivity index (χ1) is 14.7. The van der Waals surface area contributed by atoms with Crippen LogP contribution in [-0.2, 0) is 24.4 Å². The van der Waals surface area contributed by atoms with Crippen molar-refractivity contribution in [1.82, 2.24) is 4.90 Å². The van der Waals surface area contributed by atoms with Crippen molar-refractivity contribution in [1.29, 1.82) is 0 Å². The van der Waals surface area contributed by atoms with Gasteiger partial charge in [0.25, 0.3) is 11.8 Å². The largest absolute Gasteiger partial charge is 0.280 e. The molecule has 4 rings (SSSR count). The SMILES string of the molecule is NS(=O)(=O)c1ccc(N2C(=O)CC(N3C(=O)/C(=C/c4ccccc4)SC3=S)C2=O)cc1. The molecule has 2 N–H and O–H groups in total. The molecule has 31 heavy (non-hydrogen) atoms. The monoisotopic (exact) mass is 473 g/mol. The number of rotatable bonds is 4. The van der Waals surface area contributed by atoms with E-state index < -0.39 is 33.8 Å². The Morgan fingerprint density at radius 3 is 2.29 bits per heavy atom. The van der Waals surface area contributed by atoms with Gasteiger partial charge in [0.05, 0.1) is 21.9 Å². The Bertz CT molecular complexity index is 1240. The molecule has 0 spiro atoms. The Balaban J connectivity index is 1.59. The Morgan fingerprint density at radius 2 is 1.68 bits per heavy atom. The van der Waals surface area contributed by atoms with Crippen LogP contribution < -0.4 is 10.0 Å². The lowest BCUT2D eigenvalue weighted by Gasteiger charge is -2.21. The van der Waals surface area contributed by atoms with Crippen molar-refractivity contribution >= 4 is 67.8 Å². The van der Waals surface area contributed by atoms with Gasteiger partial charge in [-0.3, -0.25) is 19.3 Å². The number of anilines is 1. The quantitative estimate of drug-likeness (QED) is 0.409. The molecular formula is C20H15N3O5S3. The number of carbonyl (C=O) groups excluding carboxylic acids is 3. The first-order valence-electron chi connectivity index (χ1n) is 8.98. The number of nitrogens with zero attached hydrogens (tertiary/aromatic N) is 2. The van der Waals surface area contributed by atoms with Crippen molar-refractivity contribution in [3.05, 3.63) is 65.1 Å². The number of hydrogen-bond acceptors (Lipinski definition) is 7. The number of thiocarbonyl (C=S) groups is 1. The molecule has 2 aromatic rings. The number of nitrogens with two attached hydrogens (primary N) is 1. The van der Waals surface area contributed by atoms with Crippen LogP contribution in [0.25, 0.3) is 6.08 Å². The highest BCUT2D eigenvalue weighted by Crippen LogP contribution is 2.37. The summed E-state index contributed by atoms with van der Waals surface area (Å²) in [5.74, 6) is -1.55. The molecule has 0 aliphatic carbocycles. The van der Waals surface area contributed by atoms with Crippen molar-refractivity contribution in [3.63, 3.8) is 0 Å². The lowest BCUT2D eigenvalue weighted by molar-refractivity contribution is -0.129. The molecule has 3 amide bonds. The summed E-state index contributed by atoms with van der Waals surface area (Å²) >= 11 is 6.39. The second kappa shape index (κ2) is 8.00. The lowest BCUT2D eigenvalue weighted by Crippen LogP contribution is -2.44. The molecule has 8 nitrogen and oxygen atoms in total. The molecule has 1 unspecified atom stereocenters. The van der Waals surface area contributed by atoms with Crippen molar-refractivity contribution in [3.8, 4) is 0 Å². The van der Waals surface area contributed by atoms with E-state index in [1.165, 1.54) is 29.2 Å². The zero-order valence-electron chi connectivity index (χ0n) is 15.8. The van der Waals surface area contributed by atoms with Crippen LogP contribution in [0.15, 0.2) is 64.4 Å². The van der Waals surface area contributed by atoms with E-state index in [4.69, 9.17) is 17.4 Å². The van der Waals surface area contributed by atoms with Gasteiger partial charge in [0, 0.05) is 0 Å². The van der Waals surface area contributed by atoms with Crippen LogP contribution in [0.5, 0.6) is 0 Å². The molecule has 158 valence electrons. The molecule has 0 radical (unpaired) electrons. The van der Waals surface area contributed by atoms with Crippen LogP contribution in [0.3, 0.4) is 0 Å². The van der Waals surface area contributed by atoms with Gasteiger partial charge < -0.3 is 0 Å². The van der Waals surface area contributed by atoms with E-state index in [0.29, 0.717) is 4.91 Å². The van der Waals surface area contributed by atoms with Gasteiger partial charge in [0.1, 0.15) is 10.4 Å². The number of thioether (sulfide) groups is 1. The Morgan fingerprint density at radius 1 is 1.03 bits per heavy atom. The molecule has 1 atom stereocenters. The number of amides is 3. The highest BCUT2D eigenvalue weighted by Gasteiger charge is 2.48. The maximum Gasteiger partial charge on any atom is 0.266 e. The summed E-state index contributed by atoms with van der Waals surface area (Å²) in [4.78, 5) is 40.9. The third kappa shape index (κ3) is 4.04. The van der Waals surface area contributed by atoms with E-state index in [1.807, 2.05) is 30.3 Å². The van der Waals surface area contributed by atoms with Gasteiger partial charge in [-0.2, -0.15) is 0 Å². The fourth-order valence-corrected chi connectivity index (χ4v) is 5.20. The third-order valence-electron chi connectivity index (χ3n) is 4.78. The number of sulfonamides is 1. The Hall–Kier alpha value is -2.86. The number of hydrogen-bond donors (Lipinski definition) is 1. The first-order valence-corrected chi connectivity index (χ1v) is 11.8. The predicted octanol–water partition coefficient (Wildman–Crippen LogP) is 1.87. The van der Waals surface area contributed by atoms with E-state index >= 15 is 0 Å². The molecule has 0 aromatic heterocycles. The van der Waals surface area contributed by atoms with Gasteiger partial charge in [-0.25, -0.2) is 18.5 Å². The maximum absolute atomic E-state index is 13.0. The summed E-state index contributed by atoms with van der Waals surface area (Å²) in [6.07, 6.45) is 1.46. The van der Waals surface area contributed by atoms with Crippen molar-refractivity contribution in [2.45, 2.75) is 17.4 Å². The number of imide groups is 1. The molecule has 2 aliphatic heterocycles. The maximum atomic E-state index is 13.0. The number of benzene rings is 2. The van der Waals surface area contributed by atoms with E-state index in [1.54, 1.807) is 6.08 Å². The fourth-order valence-electron chi connectivity index (χ4n) is 3.32. The Kier molecular flexibility index (Phi) is 5.52. The molecule has 0 saturated carbocycles. The van der Waals surface area contributed by atoms with Crippen LogP contribution in [0, 0.1) is 0 Å².